The second-order valence-electron chi connectivity index (χ2n) is 3.62. The first-order chi connectivity index (χ1) is 7.11. The molecular weight excluding hydrogens is 187 g/mol. The van der Waals surface area contributed by atoms with Gasteiger partial charge in [0, 0.05) is 17.1 Å². The van der Waals surface area contributed by atoms with Crippen molar-refractivity contribution in [3.63, 3.8) is 0 Å². The van der Waals surface area contributed by atoms with E-state index in [1.165, 1.54) is 0 Å². The van der Waals surface area contributed by atoms with Gasteiger partial charge in [0.25, 0.3) is 0 Å². The van der Waals surface area contributed by atoms with Crippen molar-refractivity contribution in [2.45, 2.75) is 13.0 Å². The number of fused-ring (bicyclic) bond motifs is 1. The van der Waals surface area contributed by atoms with E-state index in [0.29, 0.717) is 11.1 Å². The molecule has 0 saturated carbocycles. The molecule has 2 rings (SSSR count). The molecule has 0 fully saturated rings. The maximum Gasteiger partial charge on any atom is 0.245 e. The van der Waals surface area contributed by atoms with Crippen molar-refractivity contribution in [1.29, 1.82) is 0 Å². The lowest BCUT2D eigenvalue weighted by molar-refractivity contribution is 0.760. The third kappa shape index (κ3) is 1.57. The third-order valence-electron chi connectivity index (χ3n) is 2.46. The van der Waals surface area contributed by atoms with Crippen LogP contribution in [0.4, 0.5) is 0 Å². The Morgan fingerprint density at radius 2 is 2.07 bits per heavy atom. The summed E-state index contributed by atoms with van der Waals surface area (Å²) < 4.78 is 1.12. The van der Waals surface area contributed by atoms with E-state index in [9.17, 15) is 4.79 Å². The van der Waals surface area contributed by atoms with Gasteiger partial charge in [-0.3, -0.25) is 4.79 Å². The zero-order chi connectivity index (χ0) is 11.0. The molecular formula is C11H11BN2O. The van der Waals surface area contributed by atoms with Gasteiger partial charge in [-0.25, -0.2) is 0 Å². The van der Waals surface area contributed by atoms with Crippen LogP contribution in [0, 0.1) is 0 Å². The Hall–Kier alpha value is -1.55. The standard InChI is InChI=1S/C11H11BN2O/c1-7(13)10-6-8-4-2-3-5-9(8)11(15)14(10)12/h2-7H,13H2,1H3. The lowest BCUT2D eigenvalue weighted by atomic mass is 10.1. The van der Waals surface area contributed by atoms with Gasteiger partial charge in [0.15, 0.2) is 0 Å². The van der Waals surface area contributed by atoms with Crippen molar-refractivity contribution < 1.29 is 0 Å². The predicted octanol–water partition coefficient (Wildman–Crippen LogP) is 0.953. The fourth-order valence-corrected chi connectivity index (χ4v) is 1.64. The van der Waals surface area contributed by atoms with Crippen LogP contribution in [0.5, 0.6) is 0 Å². The van der Waals surface area contributed by atoms with Crippen LogP contribution in [0.3, 0.4) is 0 Å². The minimum absolute atomic E-state index is 0.208. The average Bonchev–Trinajstić information content (AvgIpc) is 2.23. The van der Waals surface area contributed by atoms with E-state index in [0.717, 1.165) is 9.86 Å². The Morgan fingerprint density at radius 1 is 1.40 bits per heavy atom. The van der Waals surface area contributed by atoms with Gasteiger partial charge in [0.2, 0.25) is 13.5 Å². The molecule has 0 aliphatic heterocycles. The maximum atomic E-state index is 11.8. The molecule has 1 atom stereocenters. The largest absolute Gasteiger partial charge is 0.367 e. The van der Waals surface area contributed by atoms with Gasteiger partial charge in [-0.05, 0) is 24.4 Å². The molecule has 0 saturated heterocycles. The molecule has 4 heteroatoms. The molecule has 0 bridgehead atoms. The molecule has 1 heterocycles. The molecule has 1 aromatic heterocycles. The van der Waals surface area contributed by atoms with E-state index in [4.69, 9.17) is 13.7 Å². The predicted molar refractivity (Wildman–Crippen MR) is 62.0 cm³/mol. The molecule has 0 spiro atoms. The summed E-state index contributed by atoms with van der Waals surface area (Å²) in [4.78, 5) is 11.8. The van der Waals surface area contributed by atoms with E-state index in [1.54, 1.807) is 13.0 Å². The van der Waals surface area contributed by atoms with Crippen molar-refractivity contribution in [1.82, 2.24) is 4.48 Å². The summed E-state index contributed by atoms with van der Waals surface area (Å²) in [6.45, 7) is 1.80. The highest BCUT2D eigenvalue weighted by molar-refractivity contribution is 6.08. The van der Waals surface area contributed by atoms with E-state index < -0.39 is 0 Å². The normalized spacial score (nSPS) is 12.9. The first-order valence-electron chi connectivity index (χ1n) is 4.76. The first kappa shape index (κ1) is 9.99. The minimum Gasteiger partial charge on any atom is -0.367 e. The van der Waals surface area contributed by atoms with E-state index in [-0.39, 0.29) is 11.6 Å². The van der Waals surface area contributed by atoms with Gasteiger partial charge >= 0.3 is 0 Å². The molecule has 0 aliphatic carbocycles. The van der Waals surface area contributed by atoms with Crippen molar-refractivity contribution in [2.75, 3.05) is 0 Å². The average molecular weight is 198 g/mol. The summed E-state index contributed by atoms with van der Waals surface area (Å²) in [6, 6.07) is 8.92. The fourth-order valence-electron chi connectivity index (χ4n) is 1.64. The monoisotopic (exact) mass is 198 g/mol. The second-order valence-corrected chi connectivity index (χ2v) is 3.62. The van der Waals surface area contributed by atoms with Crippen LogP contribution in [-0.2, 0) is 0 Å². The number of aromatic nitrogens is 1. The van der Waals surface area contributed by atoms with Crippen molar-refractivity contribution in [3.8, 4) is 0 Å². The molecule has 0 aliphatic rings. The van der Waals surface area contributed by atoms with Gasteiger partial charge < -0.3 is 10.2 Å². The number of benzene rings is 1. The third-order valence-corrected chi connectivity index (χ3v) is 2.46. The summed E-state index contributed by atoms with van der Waals surface area (Å²) in [5, 5.41) is 1.49. The molecule has 3 nitrogen and oxygen atoms in total. The highest BCUT2D eigenvalue weighted by Crippen LogP contribution is 2.14. The number of nitrogens with two attached hydrogens (primary N) is 1. The zero-order valence-electron chi connectivity index (χ0n) is 8.47. The SMILES string of the molecule is [B]n1c(C(C)N)cc2ccccc2c1=O. The molecule has 1 unspecified atom stereocenters. The fraction of sp³-hybridized carbons (Fsp3) is 0.182. The summed E-state index contributed by atoms with van der Waals surface area (Å²) in [5.41, 5.74) is 6.16. The van der Waals surface area contributed by atoms with Crippen LogP contribution >= 0.6 is 0 Å². The first-order valence-corrected chi connectivity index (χ1v) is 4.76. The van der Waals surface area contributed by atoms with E-state index in [2.05, 4.69) is 0 Å². The van der Waals surface area contributed by atoms with Crippen LogP contribution in [0.2, 0.25) is 0 Å². The highest BCUT2D eigenvalue weighted by atomic mass is 16.1. The highest BCUT2D eigenvalue weighted by Gasteiger charge is 2.07. The topological polar surface area (TPSA) is 48.0 Å². The second kappa shape index (κ2) is 3.55. The van der Waals surface area contributed by atoms with E-state index in [1.807, 2.05) is 24.3 Å². The van der Waals surface area contributed by atoms with Crippen LogP contribution in [0.1, 0.15) is 18.7 Å². The zero-order valence-corrected chi connectivity index (χ0v) is 8.47. The summed E-state index contributed by atoms with van der Waals surface area (Å²) in [5.74, 6) is 0. The Labute approximate surface area is 88.9 Å². The van der Waals surface area contributed by atoms with Crippen LogP contribution in [0.25, 0.3) is 10.8 Å². The number of hydrogen-bond acceptors (Lipinski definition) is 2. The van der Waals surface area contributed by atoms with Gasteiger partial charge in [0.05, 0.1) is 0 Å². The minimum atomic E-state index is -0.257. The summed E-state index contributed by atoms with van der Waals surface area (Å²) in [7, 11) is 5.67. The number of nitrogens with zero attached hydrogens (tertiary/aromatic N) is 1. The van der Waals surface area contributed by atoms with Crippen LogP contribution in [-0.4, -0.2) is 12.5 Å². The Bertz CT molecular complexity index is 560. The summed E-state index contributed by atoms with van der Waals surface area (Å²) >= 11 is 0. The molecule has 74 valence electrons. The lowest BCUT2D eigenvalue weighted by Gasteiger charge is -2.13. The van der Waals surface area contributed by atoms with Crippen molar-refractivity contribution in [3.05, 3.63) is 46.4 Å². The van der Waals surface area contributed by atoms with Gasteiger partial charge in [-0.2, -0.15) is 0 Å². The van der Waals surface area contributed by atoms with Crippen LogP contribution < -0.4 is 11.3 Å². The maximum absolute atomic E-state index is 11.8. The Balaban J connectivity index is 2.89. The molecule has 0 amide bonds. The number of rotatable bonds is 1. The van der Waals surface area contributed by atoms with Crippen molar-refractivity contribution >= 4 is 18.8 Å². The quantitative estimate of drug-likeness (QED) is 0.693. The van der Waals surface area contributed by atoms with Gasteiger partial charge in [-0.15, -0.1) is 0 Å². The molecule has 2 radical (unpaired) electrons. The van der Waals surface area contributed by atoms with Gasteiger partial charge in [-0.1, -0.05) is 18.2 Å². The molecule has 2 N–H and O–H groups in total. The Kier molecular flexibility index (Phi) is 2.36. The molecule has 1 aromatic carbocycles. The number of hydrogen-bond donors (Lipinski definition) is 1. The van der Waals surface area contributed by atoms with Gasteiger partial charge in [0.1, 0.15) is 0 Å². The molecule has 2 aromatic rings. The molecule has 15 heavy (non-hydrogen) atoms. The van der Waals surface area contributed by atoms with Crippen molar-refractivity contribution in [2.24, 2.45) is 5.73 Å². The smallest absolute Gasteiger partial charge is 0.245 e. The Morgan fingerprint density at radius 3 is 2.73 bits per heavy atom. The van der Waals surface area contributed by atoms with E-state index >= 15 is 0 Å². The summed E-state index contributed by atoms with van der Waals surface area (Å²) in [6.07, 6.45) is 0. The van der Waals surface area contributed by atoms with Crippen LogP contribution in [0.15, 0.2) is 35.1 Å². The number of pyridine rings is 1. The lowest BCUT2D eigenvalue weighted by Crippen LogP contribution is -2.25.